The van der Waals surface area contributed by atoms with E-state index in [1.807, 2.05) is 37.8 Å². The summed E-state index contributed by atoms with van der Waals surface area (Å²) in [6.07, 6.45) is 2.99. The number of hydrogen-bond donors (Lipinski definition) is 0. The van der Waals surface area contributed by atoms with Gasteiger partial charge in [-0.25, -0.2) is 9.10 Å². The van der Waals surface area contributed by atoms with Crippen LogP contribution in [0.15, 0.2) is 83.8 Å². The number of carbonyl (C=O) groups is 1. The third kappa shape index (κ3) is 7.90. The second-order valence-electron chi connectivity index (χ2n) is 12.9. The highest BCUT2D eigenvalue weighted by atomic mass is 35.5. The SMILES string of the molecule is CN(CC(CCN1CCC2(CC1)CN(C(=O)OC(C)(C)C)Cc1ccccc12)c1ccccc1)Sc1ccc(Cl)cc1. The summed E-state index contributed by atoms with van der Waals surface area (Å²) in [5, 5.41) is 0.765. The van der Waals surface area contributed by atoms with Crippen LogP contribution in [-0.2, 0) is 16.7 Å². The zero-order valence-electron chi connectivity index (χ0n) is 25.4. The van der Waals surface area contributed by atoms with Gasteiger partial charge in [-0.15, -0.1) is 0 Å². The maximum Gasteiger partial charge on any atom is 0.410 e. The normalized spacial score (nSPS) is 17.7. The highest BCUT2D eigenvalue weighted by Crippen LogP contribution is 2.42. The monoisotopic (exact) mass is 605 g/mol. The van der Waals surface area contributed by atoms with Crippen molar-refractivity contribution in [3.05, 3.63) is 101 Å². The summed E-state index contributed by atoms with van der Waals surface area (Å²) in [5.41, 5.74) is 3.56. The lowest BCUT2D eigenvalue weighted by atomic mass is 9.69. The maximum absolute atomic E-state index is 13.1. The van der Waals surface area contributed by atoms with E-state index in [1.54, 1.807) is 11.9 Å². The van der Waals surface area contributed by atoms with E-state index in [0.717, 1.165) is 57.0 Å². The number of hydrogen-bond acceptors (Lipinski definition) is 5. The summed E-state index contributed by atoms with van der Waals surface area (Å²) >= 11 is 7.86. The molecule has 0 aliphatic carbocycles. The van der Waals surface area contributed by atoms with Gasteiger partial charge >= 0.3 is 6.09 Å². The van der Waals surface area contributed by atoms with Gasteiger partial charge in [0.15, 0.2) is 0 Å². The highest BCUT2D eigenvalue weighted by Gasteiger charge is 2.43. The molecular formula is C35H44ClN3O2S. The number of fused-ring (bicyclic) bond motifs is 2. The standard InChI is InChI=1S/C35H44ClN3O2S/c1-34(2,3)41-33(40)39-25-29-12-8-9-13-32(29)35(26-39)19-22-38(23-20-35)21-18-28(27-10-6-5-7-11-27)24-37(4)42-31-16-14-30(36)15-17-31/h5-17,28H,18-26H2,1-4H3. The molecule has 3 aromatic carbocycles. The number of rotatable bonds is 8. The van der Waals surface area contributed by atoms with Crippen LogP contribution in [0, 0.1) is 0 Å². The van der Waals surface area contributed by atoms with Gasteiger partial charge in [0.1, 0.15) is 5.60 Å². The maximum atomic E-state index is 13.1. The van der Waals surface area contributed by atoms with Gasteiger partial charge in [-0.2, -0.15) is 0 Å². The van der Waals surface area contributed by atoms with E-state index in [-0.39, 0.29) is 11.5 Å². The molecular weight excluding hydrogens is 562 g/mol. The van der Waals surface area contributed by atoms with Crippen LogP contribution in [0.3, 0.4) is 0 Å². The fraction of sp³-hybridized carbons (Fsp3) is 0.457. The average molecular weight is 606 g/mol. The topological polar surface area (TPSA) is 36.0 Å². The van der Waals surface area contributed by atoms with Crippen molar-refractivity contribution < 1.29 is 9.53 Å². The molecule has 0 aromatic heterocycles. The Labute approximate surface area is 261 Å². The first-order valence-electron chi connectivity index (χ1n) is 15.1. The molecule has 0 N–H and O–H groups in total. The number of amides is 1. The van der Waals surface area contributed by atoms with Gasteiger partial charge in [-0.3, -0.25) is 0 Å². The molecule has 2 heterocycles. The highest BCUT2D eigenvalue weighted by molar-refractivity contribution is 7.97. The number of nitrogens with zero attached hydrogens (tertiary/aromatic N) is 3. The largest absolute Gasteiger partial charge is 0.444 e. The van der Waals surface area contributed by atoms with Gasteiger partial charge in [-0.05, 0) is 126 Å². The fourth-order valence-corrected chi connectivity index (χ4v) is 7.42. The number of benzene rings is 3. The first-order valence-corrected chi connectivity index (χ1v) is 16.2. The van der Waals surface area contributed by atoms with Crippen LogP contribution in [0.4, 0.5) is 4.79 Å². The van der Waals surface area contributed by atoms with Crippen molar-refractivity contribution in [1.29, 1.82) is 0 Å². The molecule has 0 radical (unpaired) electrons. The molecule has 7 heteroatoms. The smallest absolute Gasteiger partial charge is 0.410 e. The summed E-state index contributed by atoms with van der Waals surface area (Å²) in [6.45, 7) is 11.3. The van der Waals surface area contributed by atoms with Crippen molar-refractivity contribution in [1.82, 2.24) is 14.1 Å². The van der Waals surface area contributed by atoms with Crippen molar-refractivity contribution in [3.8, 4) is 0 Å². The molecule has 0 saturated carbocycles. The van der Waals surface area contributed by atoms with Crippen LogP contribution in [-0.4, -0.2) is 65.6 Å². The van der Waals surface area contributed by atoms with Crippen molar-refractivity contribution in [2.24, 2.45) is 0 Å². The van der Waals surface area contributed by atoms with E-state index in [0.29, 0.717) is 12.5 Å². The van der Waals surface area contributed by atoms with Gasteiger partial charge in [0, 0.05) is 35.0 Å². The first kappa shape index (κ1) is 30.9. The third-order valence-electron chi connectivity index (χ3n) is 8.53. The predicted molar refractivity (Wildman–Crippen MR) is 174 cm³/mol. The molecule has 1 spiro atoms. The molecule has 2 aliphatic rings. The molecule has 0 bridgehead atoms. The quantitative estimate of drug-likeness (QED) is 0.242. The Kier molecular flexibility index (Phi) is 9.88. The lowest BCUT2D eigenvalue weighted by Gasteiger charge is -2.48. The number of likely N-dealkylation sites (N-methyl/N-ethyl adjacent to an activating group) is 1. The summed E-state index contributed by atoms with van der Waals surface area (Å²) in [6, 6.07) is 27.7. The summed E-state index contributed by atoms with van der Waals surface area (Å²) in [5.74, 6) is 0.435. The van der Waals surface area contributed by atoms with Crippen LogP contribution >= 0.6 is 23.5 Å². The second-order valence-corrected chi connectivity index (χ2v) is 14.6. The molecule has 5 nitrogen and oxygen atoms in total. The van der Waals surface area contributed by atoms with Crippen LogP contribution in [0.2, 0.25) is 5.02 Å². The minimum absolute atomic E-state index is 0.0173. The van der Waals surface area contributed by atoms with E-state index in [2.05, 4.69) is 83.0 Å². The number of carbonyl (C=O) groups excluding carboxylic acids is 1. The minimum atomic E-state index is -0.499. The average Bonchev–Trinajstić information content (AvgIpc) is 2.97. The van der Waals surface area contributed by atoms with Crippen molar-refractivity contribution >= 4 is 29.6 Å². The zero-order valence-corrected chi connectivity index (χ0v) is 27.0. The van der Waals surface area contributed by atoms with Crippen LogP contribution < -0.4 is 0 Å². The van der Waals surface area contributed by atoms with Crippen LogP contribution in [0.25, 0.3) is 0 Å². The van der Waals surface area contributed by atoms with E-state index in [9.17, 15) is 4.79 Å². The van der Waals surface area contributed by atoms with Gasteiger partial charge < -0.3 is 14.5 Å². The lowest BCUT2D eigenvalue weighted by Crippen LogP contribution is -2.54. The predicted octanol–water partition coefficient (Wildman–Crippen LogP) is 8.24. The molecule has 5 rings (SSSR count). The van der Waals surface area contributed by atoms with E-state index in [1.165, 1.54) is 21.6 Å². The van der Waals surface area contributed by atoms with Crippen molar-refractivity contribution in [3.63, 3.8) is 0 Å². The molecule has 2 aliphatic heterocycles. The fourth-order valence-electron chi connectivity index (χ4n) is 6.43. The molecule has 1 unspecified atom stereocenters. The van der Waals surface area contributed by atoms with E-state index in [4.69, 9.17) is 16.3 Å². The van der Waals surface area contributed by atoms with Crippen LogP contribution in [0.5, 0.6) is 0 Å². The van der Waals surface area contributed by atoms with Gasteiger partial charge in [0.25, 0.3) is 0 Å². The molecule has 3 aromatic rings. The Bertz CT molecular complexity index is 1320. The molecule has 42 heavy (non-hydrogen) atoms. The number of piperidine rings is 1. The molecule has 1 atom stereocenters. The minimum Gasteiger partial charge on any atom is -0.444 e. The molecule has 224 valence electrons. The molecule has 1 fully saturated rings. The van der Waals surface area contributed by atoms with Gasteiger partial charge in [0.05, 0.1) is 0 Å². The summed E-state index contributed by atoms with van der Waals surface area (Å²) in [4.78, 5) is 18.9. The Hall–Kier alpha value is -2.51. The molecule has 1 amide bonds. The molecule has 1 saturated heterocycles. The van der Waals surface area contributed by atoms with Crippen molar-refractivity contribution in [2.45, 2.75) is 68.4 Å². The number of ether oxygens (including phenoxy) is 1. The Morgan fingerprint density at radius 2 is 1.67 bits per heavy atom. The van der Waals surface area contributed by atoms with Gasteiger partial charge in [0.2, 0.25) is 0 Å². The third-order valence-corrected chi connectivity index (χ3v) is 9.72. The zero-order chi connectivity index (χ0) is 29.7. The van der Waals surface area contributed by atoms with Gasteiger partial charge in [-0.1, -0.05) is 66.2 Å². The second kappa shape index (κ2) is 13.4. The lowest BCUT2D eigenvalue weighted by molar-refractivity contribution is 0.0104. The Balaban J connectivity index is 1.23. The Morgan fingerprint density at radius 3 is 2.36 bits per heavy atom. The number of likely N-dealkylation sites (tertiary alicyclic amines) is 1. The Morgan fingerprint density at radius 1 is 1.00 bits per heavy atom. The summed E-state index contributed by atoms with van der Waals surface area (Å²) < 4.78 is 8.14. The number of halogens is 1. The summed E-state index contributed by atoms with van der Waals surface area (Å²) in [7, 11) is 2.18. The first-order chi connectivity index (χ1) is 20.1. The van der Waals surface area contributed by atoms with E-state index < -0.39 is 5.60 Å². The van der Waals surface area contributed by atoms with E-state index >= 15 is 0 Å². The van der Waals surface area contributed by atoms with Crippen molar-refractivity contribution in [2.75, 3.05) is 39.8 Å². The van der Waals surface area contributed by atoms with Crippen LogP contribution in [0.1, 0.15) is 62.6 Å².